The number of hydrogen-bond donors (Lipinski definition) is 3. The number of hydrazone groups is 1. The van der Waals surface area contributed by atoms with E-state index in [1.807, 2.05) is 0 Å². The predicted octanol–water partition coefficient (Wildman–Crippen LogP) is 1.80. The largest absolute Gasteiger partial charge is 0.398 e. The number of para-hydroxylation sites is 1. The van der Waals surface area contributed by atoms with E-state index in [4.69, 9.17) is 5.73 Å². The molecule has 0 bridgehead atoms. The number of benzene rings is 1. The van der Waals surface area contributed by atoms with Crippen LogP contribution in [0, 0.1) is 0 Å². The zero-order chi connectivity index (χ0) is 16.7. The van der Waals surface area contributed by atoms with Crippen LogP contribution in [0.2, 0.25) is 0 Å². The third-order valence-corrected chi connectivity index (χ3v) is 2.92. The summed E-state index contributed by atoms with van der Waals surface area (Å²) in [6.45, 7) is 1.65. The van der Waals surface area contributed by atoms with Gasteiger partial charge in [-0.3, -0.25) is 14.6 Å². The highest BCUT2D eigenvalue weighted by Gasteiger charge is 2.09. The Bertz CT molecular complexity index is 728. The molecule has 0 saturated heterocycles. The molecule has 0 unspecified atom stereocenters. The van der Waals surface area contributed by atoms with Crippen LogP contribution in [0.25, 0.3) is 0 Å². The zero-order valence-electron chi connectivity index (χ0n) is 12.6. The second kappa shape index (κ2) is 7.69. The summed E-state index contributed by atoms with van der Waals surface area (Å²) in [6.07, 6.45) is 3.22. The summed E-state index contributed by atoms with van der Waals surface area (Å²) < 4.78 is 0. The first-order valence-electron chi connectivity index (χ1n) is 6.94. The van der Waals surface area contributed by atoms with E-state index in [9.17, 15) is 9.59 Å². The van der Waals surface area contributed by atoms with Gasteiger partial charge >= 0.3 is 0 Å². The minimum absolute atomic E-state index is 0.0550. The van der Waals surface area contributed by atoms with Gasteiger partial charge in [0.25, 0.3) is 5.91 Å². The molecule has 2 rings (SSSR count). The SMILES string of the molecule is C/C(CC(=O)Nc1cccnc1)=N\NC(=O)c1ccccc1N. The van der Waals surface area contributed by atoms with E-state index in [1.165, 1.54) is 0 Å². The summed E-state index contributed by atoms with van der Waals surface area (Å²) in [4.78, 5) is 27.7. The number of aromatic nitrogens is 1. The Morgan fingerprint density at radius 3 is 2.70 bits per heavy atom. The molecule has 0 saturated carbocycles. The molecule has 1 aromatic heterocycles. The number of pyridine rings is 1. The average molecular weight is 311 g/mol. The molecule has 0 fully saturated rings. The monoisotopic (exact) mass is 311 g/mol. The topological polar surface area (TPSA) is 109 Å². The Labute approximate surface area is 133 Å². The van der Waals surface area contributed by atoms with Crippen molar-refractivity contribution in [2.45, 2.75) is 13.3 Å². The Balaban J connectivity index is 1.89. The van der Waals surface area contributed by atoms with Gasteiger partial charge in [-0.15, -0.1) is 0 Å². The third-order valence-electron chi connectivity index (χ3n) is 2.92. The average Bonchev–Trinajstić information content (AvgIpc) is 2.54. The van der Waals surface area contributed by atoms with Gasteiger partial charge in [0.15, 0.2) is 0 Å². The van der Waals surface area contributed by atoms with Crippen LogP contribution in [-0.4, -0.2) is 22.5 Å². The first-order chi connectivity index (χ1) is 11.1. The van der Waals surface area contributed by atoms with Crippen molar-refractivity contribution in [3.8, 4) is 0 Å². The van der Waals surface area contributed by atoms with Crippen molar-refractivity contribution in [1.82, 2.24) is 10.4 Å². The molecule has 0 spiro atoms. The second-order valence-corrected chi connectivity index (χ2v) is 4.84. The summed E-state index contributed by atoms with van der Waals surface area (Å²) in [5.74, 6) is -0.664. The smallest absolute Gasteiger partial charge is 0.273 e. The molecule has 0 aliphatic rings. The number of nitrogens with zero attached hydrogens (tertiary/aromatic N) is 2. The van der Waals surface area contributed by atoms with Gasteiger partial charge in [-0.2, -0.15) is 5.10 Å². The lowest BCUT2D eigenvalue weighted by Gasteiger charge is -2.06. The van der Waals surface area contributed by atoms with Gasteiger partial charge in [-0.05, 0) is 31.2 Å². The van der Waals surface area contributed by atoms with Crippen molar-refractivity contribution in [3.05, 3.63) is 54.4 Å². The molecule has 2 aromatic rings. The highest BCUT2D eigenvalue weighted by Crippen LogP contribution is 2.09. The fraction of sp³-hybridized carbons (Fsp3) is 0.125. The number of hydrogen-bond acceptors (Lipinski definition) is 5. The van der Waals surface area contributed by atoms with E-state index in [-0.39, 0.29) is 12.3 Å². The number of carbonyl (C=O) groups excluding carboxylic acids is 2. The fourth-order valence-corrected chi connectivity index (χ4v) is 1.82. The number of anilines is 2. The van der Waals surface area contributed by atoms with Crippen LogP contribution in [-0.2, 0) is 4.79 Å². The highest BCUT2D eigenvalue weighted by atomic mass is 16.2. The lowest BCUT2D eigenvalue weighted by Crippen LogP contribution is -2.22. The maximum atomic E-state index is 11.9. The van der Waals surface area contributed by atoms with Crippen LogP contribution in [0.1, 0.15) is 23.7 Å². The van der Waals surface area contributed by atoms with Crippen molar-refractivity contribution >= 4 is 28.9 Å². The van der Waals surface area contributed by atoms with E-state index in [0.29, 0.717) is 22.6 Å². The molecule has 0 aliphatic heterocycles. The van der Waals surface area contributed by atoms with Crippen LogP contribution < -0.4 is 16.5 Å². The van der Waals surface area contributed by atoms with Gasteiger partial charge in [0.05, 0.1) is 23.9 Å². The summed E-state index contributed by atoms with van der Waals surface area (Å²) in [5.41, 5.74) is 9.88. The lowest BCUT2D eigenvalue weighted by molar-refractivity contribution is -0.115. The number of nitrogens with one attached hydrogen (secondary N) is 2. The molecule has 2 amide bonds. The summed E-state index contributed by atoms with van der Waals surface area (Å²) in [6, 6.07) is 10.1. The van der Waals surface area contributed by atoms with Gasteiger partial charge in [-0.1, -0.05) is 12.1 Å². The molecule has 118 valence electrons. The van der Waals surface area contributed by atoms with Gasteiger partial charge < -0.3 is 11.1 Å². The quantitative estimate of drug-likeness (QED) is 0.444. The molecular weight excluding hydrogens is 294 g/mol. The Morgan fingerprint density at radius 1 is 1.22 bits per heavy atom. The van der Waals surface area contributed by atoms with Crippen molar-refractivity contribution in [3.63, 3.8) is 0 Å². The van der Waals surface area contributed by atoms with Crippen LogP contribution in [0.15, 0.2) is 53.9 Å². The first-order valence-corrected chi connectivity index (χ1v) is 6.94. The van der Waals surface area contributed by atoms with Gasteiger partial charge in [-0.25, -0.2) is 5.43 Å². The van der Waals surface area contributed by atoms with E-state index in [1.54, 1.807) is 55.7 Å². The lowest BCUT2D eigenvalue weighted by atomic mass is 10.2. The number of nitrogen functional groups attached to an aromatic ring is 1. The zero-order valence-corrected chi connectivity index (χ0v) is 12.6. The van der Waals surface area contributed by atoms with Crippen LogP contribution >= 0.6 is 0 Å². The number of rotatable bonds is 5. The van der Waals surface area contributed by atoms with Gasteiger partial charge in [0.1, 0.15) is 0 Å². The first kappa shape index (κ1) is 16.2. The molecule has 0 atom stereocenters. The maximum absolute atomic E-state index is 11.9. The summed E-state index contributed by atoms with van der Waals surface area (Å²) in [7, 11) is 0. The van der Waals surface area contributed by atoms with Gasteiger partial charge in [0, 0.05) is 17.6 Å². The Morgan fingerprint density at radius 2 is 2.00 bits per heavy atom. The van der Waals surface area contributed by atoms with E-state index in [0.717, 1.165) is 0 Å². The van der Waals surface area contributed by atoms with E-state index >= 15 is 0 Å². The fourth-order valence-electron chi connectivity index (χ4n) is 1.82. The molecule has 0 aliphatic carbocycles. The molecule has 0 radical (unpaired) electrons. The normalized spacial score (nSPS) is 10.9. The second-order valence-electron chi connectivity index (χ2n) is 4.84. The number of carbonyl (C=O) groups is 2. The molecule has 1 aromatic carbocycles. The van der Waals surface area contributed by atoms with Crippen molar-refractivity contribution in [1.29, 1.82) is 0 Å². The predicted molar refractivity (Wildman–Crippen MR) is 88.9 cm³/mol. The minimum Gasteiger partial charge on any atom is -0.398 e. The molecule has 1 heterocycles. The Kier molecular flexibility index (Phi) is 5.40. The molecule has 4 N–H and O–H groups in total. The van der Waals surface area contributed by atoms with Crippen molar-refractivity contribution < 1.29 is 9.59 Å². The molecule has 23 heavy (non-hydrogen) atoms. The van der Waals surface area contributed by atoms with E-state index in [2.05, 4.69) is 20.8 Å². The summed E-state index contributed by atoms with van der Waals surface area (Å²) in [5, 5.41) is 6.59. The molecule has 7 heteroatoms. The number of amides is 2. The van der Waals surface area contributed by atoms with E-state index < -0.39 is 5.91 Å². The van der Waals surface area contributed by atoms with Crippen LogP contribution in [0.5, 0.6) is 0 Å². The van der Waals surface area contributed by atoms with Crippen LogP contribution in [0.4, 0.5) is 11.4 Å². The van der Waals surface area contributed by atoms with Crippen molar-refractivity contribution in [2.24, 2.45) is 5.10 Å². The summed E-state index contributed by atoms with van der Waals surface area (Å²) >= 11 is 0. The van der Waals surface area contributed by atoms with Gasteiger partial charge in [0.2, 0.25) is 5.91 Å². The minimum atomic E-state index is -0.421. The third kappa shape index (κ3) is 4.92. The standard InChI is InChI=1S/C16H17N5O2/c1-11(9-15(22)19-12-5-4-8-18-10-12)20-21-16(23)13-6-2-3-7-14(13)17/h2-8,10H,9,17H2,1H3,(H,19,22)(H,21,23)/b20-11+. The maximum Gasteiger partial charge on any atom is 0.273 e. The Hall–Kier alpha value is -3.22. The number of nitrogens with two attached hydrogens (primary N) is 1. The van der Waals surface area contributed by atoms with Crippen molar-refractivity contribution in [2.75, 3.05) is 11.1 Å². The molecule has 7 nitrogen and oxygen atoms in total. The van der Waals surface area contributed by atoms with Crippen LogP contribution in [0.3, 0.4) is 0 Å². The highest BCUT2D eigenvalue weighted by molar-refractivity contribution is 6.06. The molecular formula is C16H17N5O2.